The monoisotopic (exact) mass is 462 g/mol. The molecule has 0 aliphatic heterocycles. The Balaban J connectivity index is 0.00000288. The summed E-state index contributed by atoms with van der Waals surface area (Å²) in [6.45, 7) is 8.95. The second-order valence-corrected chi connectivity index (χ2v) is 7.33. The number of hydrogen-bond donors (Lipinski definition) is 2. The molecule has 2 rings (SSSR count). The number of aryl methyl sites for hydroxylation is 2. The molecule has 0 radical (unpaired) electrons. The zero-order valence-electron chi connectivity index (χ0n) is 15.2. The Labute approximate surface area is 167 Å². The SMILES string of the molecule is CCNC(=NCCc1nc(C)c(C)s1)NCCC1=CCCCC1.I. The predicted molar refractivity (Wildman–Crippen MR) is 116 cm³/mol. The van der Waals surface area contributed by atoms with Gasteiger partial charge in [0, 0.05) is 30.9 Å². The first-order valence-electron chi connectivity index (χ1n) is 8.82. The van der Waals surface area contributed by atoms with Gasteiger partial charge in [-0.3, -0.25) is 4.99 Å². The second-order valence-electron chi connectivity index (χ2n) is 6.04. The smallest absolute Gasteiger partial charge is 0.191 e. The average Bonchev–Trinajstić information content (AvgIpc) is 2.86. The van der Waals surface area contributed by atoms with E-state index in [0.717, 1.165) is 44.1 Å². The molecule has 6 heteroatoms. The van der Waals surface area contributed by atoms with Crippen LogP contribution < -0.4 is 10.6 Å². The molecule has 2 N–H and O–H groups in total. The highest BCUT2D eigenvalue weighted by Gasteiger charge is 2.05. The number of aliphatic imine (C=N–C) groups is 1. The van der Waals surface area contributed by atoms with Crippen molar-refractivity contribution in [1.29, 1.82) is 0 Å². The maximum Gasteiger partial charge on any atom is 0.191 e. The van der Waals surface area contributed by atoms with E-state index in [1.807, 2.05) is 0 Å². The van der Waals surface area contributed by atoms with Crippen molar-refractivity contribution in [1.82, 2.24) is 15.6 Å². The standard InChI is InChI=1S/C18H30N4S.HI/c1-4-19-18(20-12-10-16-8-6-5-7-9-16)21-13-11-17-22-14(2)15(3)23-17;/h8H,4-7,9-13H2,1-3H3,(H2,19,20,21);1H. The van der Waals surface area contributed by atoms with Crippen LogP contribution in [0.15, 0.2) is 16.6 Å². The van der Waals surface area contributed by atoms with E-state index in [1.165, 1.54) is 35.6 Å². The summed E-state index contributed by atoms with van der Waals surface area (Å²) < 4.78 is 0. The van der Waals surface area contributed by atoms with E-state index in [2.05, 4.69) is 47.5 Å². The van der Waals surface area contributed by atoms with E-state index in [-0.39, 0.29) is 24.0 Å². The van der Waals surface area contributed by atoms with Crippen LogP contribution in [0.4, 0.5) is 0 Å². The lowest BCUT2D eigenvalue weighted by Gasteiger charge is -2.15. The molecule has 1 aromatic heterocycles. The molecular formula is C18H31IN4S. The maximum absolute atomic E-state index is 4.67. The van der Waals surface area contributed by atoms with Crippen LogP contribution >= 0.6 is 35.3 Å². The highest BCUT2D eigenvalue weighted by molar-refractivity contribution is 14.0. The molecule has 136 valence electrons. The molecule has 0 amide bonds. The third-order valence-electron chi connectivity index (χ3n) is 4.14. The maximum atomic E-state index is 4.67. The third kappa shape index (κ3) is 7.51. The molecule has 1 heterocycles. The molecule has 0 saturated carbocycles. The molecule has 1 aromatic rings. The predicted octanol–water partition coefficient (Wildman–Crippen LogP) is 4.37. The lowest BCUT2D eigenvalue weighted by atomic mass is 9.97. The molecule has 0 fully saturated rings. The second kappa shape index (κ2) is 11.8. The van der Waals surface area contributed by atoms with Crippen molar-refractivity contribution in [2.45, 2.75) is 59.3 Å². The minimum absolute atomic E-state index is 0. The third-order valence-corrected chi connectivity index (χ3v) is 5.27. The molecule has 0 bridgehead atoms. The zero-order chi connectivity index (χ0) is 16.5. The fourth-order valence-corrected chi connectivity index (χ4v) is 3.65. The Morgan fingerprint density at radius 3 is 2.71 bits per heavy atom. The molecule has 0 spiro atoms. The number of nitrogens with one attached hydrogen (secondary N) is 2. The Morgan fingerprint density at radius 1 is 1.25 bits per heavy atom. The van der Waals surface area contributed by atoms with Crippen molar-refractivity contribution in [2.75, 3.05) is 19.6 Å². The highest BCUT2D eigenvalue weighted by Crippen LogP contribution is 2.19. The normalized spacial score (nSPS) is 14.8. The largest absolute Gasteiger partial charge is 0.357 e. The van der Waals surface area contributed by atoms with Gasteiger partial charge in [-0.1, -0.05) is 11.6 Å². The van der Waals surface area contributed by atoms with Gasteiger partial charge >= 0.3 is 0 Å². The number of thiazole rings is 1. The lowest BCUT2D eigenvalue weighted by Crippen LogP contribution is -2.38. The Hall–Kier alpha value is -0.630. The van der Waals surface area contributed by atoms with E-state index in [4.69, 9.17) is 0 Å². The van der Waals surface area contributed by atoms with Crippen LogP contribution in [-0.4, -0.2) is 30.6 Å². The number of nitrogens with zero attached hydrogens (tertiary/aromatic N) is 2. The zero-order valence-corrected chi connectivity index (χ0v) is 18.3. The van der Waals surface area contributed by atoms with E-state index < -0.39 is 0 Å². The topological polar surface area (TPSA) is 49.3 Å². The lowest BCUT2D eigenvalue weighted by molar-refractivity contribution is 0.665. The van der Waals surface area contributed by atoms with Crippen LogP contribution in [0.2, 0.25) is 0 Å². The first-order valence-corrected chi connectivity index (χ1v) is 9.63. The van der Waals surface area contributed by atoms with Crippen LogP contribution in [0.5, 0.6) is 0 Å². The fourth-order valence-electron chi connectivity index (χ4n) is 2.72. The van der Waals surface area contributed by atoms with Crippen LogP contribution in [0.3, 0.4) is 0 Å². The van der Waals surface area contributed by atoms with E-state index >= 15 is 0 Å². The van der Waals surface area contributed by atoms with E-state index in [0.29, 0.717) is 0 Å². The van der Waals surface area contributed by atoms with Gasteiger partial charge < -0.3 is 10.6 Å². The summed E-state index contributed by atoms with van der Waals surface area (Å²) in [5.74, 6) is 0.925. The molecule has 4 nitrogen and oxygen atoms in total. The summed E-state index contributed by atoms with van der Waals surface area (Å²) in [7, 11) is 0. The quantitative estimate of drug-likeness (QED) is 0.274. The molecular weight excluding hydrogens is 431 g/mol. The number of allylic oxidation sites excluding steroid dienone is 1. The molecule has 0 unspecified atom stereocenters. The van der Waals surface area contributed by atoms with Crippen LogP contribution in [-0.2, 0) is 6.42 Å². The molecule has 24 heavy (non-hydrogen) atoms. The Kier molecular flexibility index (Phi) is 10.6. The minimum Gasteiger partial charge on any atom is -0.357 e. The van der Waals surface area contributed by atoms with Gasteiger partial charge in [0.15, 0.2) is 5.96 Å². The van der Waals surface area contributed by atoms with Gasteiger partial charge in [-0.2, -0.15) is 0 Å². The number of rotatable bonds is 7. The van der Waals surface area contributed by atoms with Gasteiger partial charge in [-0.25, -0.2) is 4.98 Å². The number of hydrogen-bond acceptors (Lipinski definition) is 3. The first-order chi connectivity index (χ1) is 11.2. The average molecular weight is 462 g/mol. The molecule has 0 aromatic carbocycles. The van der Waals surface area contributed by atoms with Crippen molar-refractivity contribution >= 4 is 41.3 Å². The van der Waals surface area contributed by atoms with Crippen molar-refractivity contribution in [3.8, 4) is 0 Å². The van der Waals surface area contributed by atoms with Crippen molar-refractivity contribution in [3.05, 3.63) is 27.2 Å². The minimum atomic E-state index is 0. The summed E-state index contributed by atoms with van der Waals surface area (Å²) in [5, 5.41) is 7.96. The van der Waals surface area contributed by atoms with Gasteiger partial charge in [-0.15, -0.1) is 35.3 Å². The summed E-state index contributed by atoms with van der Waals surface area (Å²) in [6, 6.07) is 0. The molecule has 0 atom stereocenters. The first kappa shape index (κ1) is 21.4. The van der Waals surface area contributed by atoms with Crippen molar-refractivity contribution in [2.24, 2.45) is 4.99 Å². The van der Waals surface area contributed by atoms with Crippen molar-refractivity contribution in [3.63, 3.8) is 0 Å². The number of guanidine groups is 1. The highest BCUT2D eigenvalue weighted by atomic mass is 127. The molecule has 1 aliphatic carbocycles. The van der Waals surface area contributed by atoms with Gasteiger partial charge in [0.25, 0.3) is 0 Å². The van der Waals surface area contributed by atoms with Gasteiger partial charge in [0.1, 0.15) is 0 Å². The van der Waals surface area contributed by atoms with Crippen LogP contribution in [0.1, 0.15) is 54.6 Å². The van der Waals surface area contributed by atoms with E-state index in [1.54, 1.807) is 16.9 Å². The Morgan fingerprint density at radius 2 is 2.08 bits per heavy atom. The number of aromatic nitrogens is 1. The van der Waals surface area contributed by atoms with Crippen LogP contribution in [0, 0.1) is 13.8 Å². The number of halogens is 1. The van der Waals surface area contributed by atoms with Gasteiger partial charge in [-0.05, 0) is 52.9 Å². The summed E-state index contributed by atoms with van der Waals surface area (Å²) >= 11 is 1.79. The molecule has 1 aliphatic rings. The summed E-state index contributed by atoms with van der Waals surface area (Å²) in [4.78, 5) is 10.6. The van der Waals surface area contributed by atoms with Crippen LogP contribution in [0.25, 0.3) is 0 Å². The molecule has 0 saturated heterocycles. The van der Waals surface area contributed by atoms with Gasteiger partial charge in [0.05, 0.1) is 10.7 Å². The fraction of sp³-hybridized carbons (Fsp3) is 0.667. The Bertz CT molecular complexity index is 532. The summed E-state index contributed by atoms with van der Waals surface area (Å²) in [5.41, 5.74) is 2.76. The van der Waals surface area contributed by atoms with Crippen molar-refractivity contribution < 1.29 is 0 Å². The van der Waals surface area contributed by atoms with Gasteiger partial charge in [0.2, 0.25) is 0 Å². The van der Waals surface area contributed by atoms with E-state index in [9.17, 15) is 0 Å². The summed E-state index contributed by atoms with van der Waals surface area (Å²) in [6.07, 6.45) is 9.72.